The van der Waals surface area contributed by atoms with Crippen molar-refractivity contribution in [1.82, 2.24) is 0 Å². The molecule has 0 saturated heterocycles. The van der Waals surface area contributed by atoms with Crippen molar-refractivity contribution in [3.8, 4) is 11.5 Å². The van der Waals surface area contributed by atoms with Gasteiger partial charge in [-0.25, -0.2) is 0 Å². The largest absolute Gasteiger partial charge is 0.504 e. The van der Waals surface area contributed by atoms with Crippen LogP contribution in [0.15, 0.2) is 12.1 Å². The van der Waals surface area contributed by atoms with Gasteiger partial charge in [-0.05, 0) is 29.5 Å². The molecule has 2 N–H and O–H groups in total. The molecule has 0 aromatic heterocycles. The predicted octanol–water partition coefficient (Wildman–Crippen LogP) is 2.54. The molecule has 0 bridgehead atoms. The molecular formula is C13H18O4. The van der Waals surface area contributed by atoms with Gasteiger partial charge in [0.05, 0.1) is 7.11 Å². The smallest absolute Gasteiger partial charge is 0.303 e. The second-order valence-corrected chi connectivity index (χ2v) is 4.28. The quantitative estimate of drug-likeness (QED) is 0.827. The maximum atomic E-state index is 10.6. The van der Waals surface area contributed by atoms with Gasteiger partial charge in [-0.2, -0.15) is 0 Å². The van der Waals surface area contributed by atoms with Crippen molar-refractivity contribution < 1.29 is 19.7 Å². The zero-order valence-electron chi connectivity index (χ0n) is 10.4. The zero-order chi connectivity index (χ0) is 13.0. The van der Waals surface area contributed by atoms with E-state index in [1.807, 2.05) is 19.9 Å². The van der Waals surface area contributed by atoms with Crippen LogP contribution in [0.2, 0.25) is 0 Å². The lowest BCUT2D eigenvalue weighted by molar-refractivity contribution is -0.136. The Labute approximate surface area is 101 Å². The van der Waals surface area contributed by atoms with Gasteiger partial charge in [0, 0.05) is 6.42 Å². The van der Waals surface area contributed by atoms with Crippen molar-refractivity contribution >= 4 is 5.97 Å². The molecule has 0 radical (unpaired) electrons. The monoisotopic (exact) mass is 238 g/mol. The molecule has 0 aliphatic carbocycles. The number of aryl methyl sites for hydroxylation is 1. The minimum Gasteiger partial charge on any atom is -0.504 e. The van der Waals surface area contributed by atoms with Gasteiger partial charge in [0.1, 0.15) is 0 Å². The number of benzene rings is 1. The first-order valence-electron chi connectivity index (χ1n) is 5.57. The fourth-order valence-corrected chi connectivity index (χ4v) is 1.69. The summed E-state index contributed by atoms with van der Waals surface area (Å²) < 4.78 is 5.10. The lowest BCUT2D eigenvalue weighted by Gasteiger charge is -2.14. The molecular weight excluding hydrogens is 220 g/mol. The number of aliphatic carboxylic acids is 1. The van der Waals surface area contributed by atoms with Gasteiger partial charge in [-0.1, -0.05) is 19.9 Å². The number of aromatic hydroxyl groups is 1. The van der Waals surface area contributed by atoms with E-state index >= 15 is 0 Å². The van der Waals surface area contributed by atoms with Crippen LogP contribution in [0.4, 0.5) is 0 Å². The SMILES string of the molecule is COc1c(O)cc(C(C)C)cc1CCC(=O)O. The van der Waals surface area contributed by atoms with Gasteiger partial charge in [-0.15, -0.1) is 0 Å². The number of hydrogen-bond acceptors (Lipinski definition) is 3. The number of hydrogen-bond donors (Lipinski definition) is 2. The Kier molecular flexibility index (Phi) is 4.37. The van der Waals surface area contributed by atoms with E-state index in [1.165, 1.54) is 7.11 Å². The van der Waals surface area contributed by atoms with Crippen molar-refractivity contribution in [1.29, 1.82) is 0 Å². The zero-order valence-corrected chi connectivity index (χ0v) is 10.4. The van der Waals surface area contributed by atoms with E-state index in [2.05, 4.69) is 0 Å². The summed E-state index contributed by atoms with van der Waals surface area (Å²) in [6.07, 6.45) is 0.379. The molecule has 1 aromatic carbocycles. The number of carboxylic acids is 1. The Hall–Kier alpha value is -1.71. The van der Waals surface area contributed by atoms with Gasteiger partial charge in [0.2, 0.25) is 0 Å². The Morgan fingerprint density at radius 3 is 2.53 bits per heavy atom. The second kappa shape index (κ2) is 5.57. The highest BCUT2D eigenvalue weighted by Crippen LogP contribution is 2.34. The number of carboxylic acid groups (broad SMARTS) is 1. The lowest BCUT2D eigenvalue weighted by atomic mass is 9.97. The summed E-state index contributed by atoms with van der Waals surface area (Å²) in [5.41, 5.74) is 1.71. The molecule has 1 aromatic rings. The molecule has 0 unspecified atom stereocenters. The minimum atomic E-state index is -0.860. The third-order valence-corrected chi connectivity index (χ3v) is 2.65. The molecule has 0 saturated carbocycles. The van der Waals surface area contributed by atoms with E-state index in [0.29, 0.717) is 12.2 Å². The third-order valence-electron chi connectivity index (χ3n) is 2.65. The fourth-order valence-electron chi connectivity index (χ4n) is 1.69. The van der Waals surface area contributed by atoms with Gasteiger partial charge < -0.3 is 14.9 Å². The van der Waals surface area contributed by atoms with E-state index < -0.39 is 5.97 Å². The first kappa shape index (κ1) is 13.4. The Balaban J connectivity index is 3.09. The number of methoxy groups -OCH3 is 1. The van der Waals surface area contributed by atoms with E-state index in [9.17, 15) is 9.90 Å². The van der Waals surface area contributed by atoms with Crippen molar-refractivity contribution in [2.75, 3.05) is 7.11 Å². The fraction of sp³-hybridized carbons (Fsp3) is 0.462. The van der Waals surface area contributed by atoms with E-state index in [0.717, 1.165) is 11.1 Å². The summed E-state index contributed by atoms with van der Waals surface area (Å²) in [5.74, 6) is -0.147. The highest BCUT2D eigenvalue weighted by Gasteiger charge is 2.13. The van der Waals surface area contributed by atoms with Crippen LogP contribution in [0.5, 0.6) is 11.5 Å². The van der Waals surface area contributed by atoms with Crippen molar-refractivity contribution in [3.05, 3.63) is 23.3 Å². The lowest BCUT2D eigenvalue weighted by Crippen LogP contribution is -2.01. The summed E-state index contributed by atoms with van der Waals surface area (Å²) >= 11 is 0. The normalized spacial score (nSPS) is 10.6. The molecule has 17 heavy (non-hydrogen) atoms. The summed E-state index contributed by atoms with van der Waals surface area (Å²) in [5, 5.41) is 18.5. The Morgan fingerprint density at radius 2 is 2.06 bits per heavy atom. The highest BCUT2D eigenvalue weighted by atomic mass is 16.5. The van der Waals surface area contributed by atoms with Crippen LogP contribution in [0.1, 0.15) is 37.3 Å². The van der Waals surface area contributed by atoms with Crippen molar-refractivity contribution in [2.24, 2.45) is 0 Å². The minimum absolute atomic E-state index is 0.0251. The molecule has 1 rings (SSSR count). The molecule has 4 nitrogen and oxygen atoms in total. The molecule has 0 heterocycles. The highest BCUT2D eigenvalue weighted by molar-refractivity contribution is 5.67. The van der Waals surface area contributed by atoms with Crippen LogP contribution in [-0.2, 0) is 11.2 Å². The van der Waals surface area contributed by atoms with Crippen LogP contribution in [0, 0.1) is 0 Å². The first-order valence-corrected chi connectivity index (χ1v) is 5.57. The Bertz CT molecular complexity index is 410. The molecule has 0 atom stereocenters. The van der Waals surface area contributed by atoms with E-state index in [4.69, 9.17) is 9.84 Å². The van der Waals surface area contributed by atoms with Crippen molar-refractivity contribution in [3.63, 3.8) is 0 Å². The van der Waals surface area contributed by atoms with Gasteiger partial charge >= 0.3 is 5.97 Å². The molecule has 0 spiro atoms. The summed E-state index contributed by atoms with van der Waals surface area (Å²) in [7, 11) is 1.47. The van der Waals surface area contributed by atoms with Gasteiger partial charge in [0.25, 0.3) is 0 Å². The molecule has 0 aliphatic rings. The Morgan fingerprint density at radius 1 is 1.41 bits per heavy atom. The second-order valence-electron chi connectivity index (χ2n) is 4.28. The third kappa shape index (κ3) is 3.37. The topological polar surface area (TPSA) is 66.8 Å². The number of carbonyl (C=O) groups is 1. The molecule has 94 valence electrons. The maximum Gasteiger partial charge on any atom is 0.303 e. The average Bonchev–Trinajstić information content (AvgIpc) is 2.25. The maximum absolute atomic E-state index is 10.6. The predicted molar refractivity (Wildman–Crippen MR) is 64.7 cm³/mol. The van der Waals surface area contributed by atoms with E-state index in [-0.39, 0.29) is 18.1 Å². The van der Waals surface area contributed by atoms with Crippen LogP contribution in [-0.4, -0.2) is 23.3 Å². The summed E-state index contributed by atoms with van der Waals surface area (Å²) in [6, 6.07) is 3.56. The van der Waals surface area contributed by atoms with Gasteiger partial charge in [-0.3, -0.25) is 4.79 Å². The summed E-state index contributed by atoms with van der Waals surface area (Å²) in [6.45, 7) is 4.03. The molecule has 0 aliphatic heterocycles. The standard InChI is InChI=1S/C13H18O4/c1-8(2)10-6-9(4-5-12(15)16)13(17-3)11(14)7-10/h6-8,14H,4-5H2,1-3H3,(H,15,16). The number of phenols is 1. The average molecular weight is 238 g/mol. The van der Waals surface area contributed by atoms with Crippen molar-refractivity contribution in [2.45, 2.75) is 32.6 Å². The summed E-state index contributed by atoms with van der Waals surface area (Å²) in [4.78, 5) is 10.6. The molecule has 0 amide bonds. The number of ether oxygens (including phenoxy) is 1. The van der Waals surface area contributed by atoms with Crippen LogP contribution >= 0.6 is 0 Å². The van der Waals surface area contributed by atoms with Crippen LogP contribution in [0.25, 0.3) is 0 Å². The number of rotatable bonds is 5. The molecule has 0 fully saturated rings. The van der Waals surface area contributed by atoms with E-state index in [1.54, 1.807) is 6.07 Å². The molecule has 4 heteroatoms. The first-order chi connectivity index (χ1) is 7.95. The van der Waals surface area contributed by atoms with Crippen LogP contribution in [0.3, 0.4) is 0 Å². The van der Waals surface area contributed by atoms with Crippen LogP contribution < -0.4 is 4.74 Å². The van der Waals surface area contributed by atoms with Gasteiger partial charge in [0.15, 0.2) is 11.5 Å². The number of phenolic OH excluding ortho intramolecular Hbond substituents is 1.